The van der Waals surface area contributed by atoms with Gasteiger partial charge in [-0.25, -0.2) is 0 Å². The van der Waals surface area contributed by atoms with E-state index in [1.54, 1.807) is 6.92 Å². The van der Waals surface area contributed by atoms with Crippen molar-refractivity contribution in [1.82, 2.24) is 0 Å². The van der Waals surface area contributed by atoms with Gasteiger partial charge in [-0.3, -0.25) is 14.4 Å². The predicted octanol–water partition coefficient (Wildman–Crippen LogP) is 0.931. The monoisotopic (exact) mass is 292 g/mol. The number of hydrogen-bond donors (Lipinski definition) is 2. The maximum Gasteiger partial charge on any atom is 0.322 e. The number of ketones is 2. The highest BCUT2D eigenvalue weighted by Crippen LogP contribution is 2.40. The topological polar surface area (TPSA) is 101 Å². The van der Waals surface area contributed by atoms with Crippen molar-refractivity contribution in [3.63, 3.8) is 0 Å². The van der Waals surface area contributed by atoms with E-state index >= 15 is 0 Å². The number of phenols is 1. The number of aliphatic hydroxyl groups excluding tert-OH is 1. The summed E-state index contributed by atoms with van der Waals surface area (Å²) >= 11 is 0. The number of aromatic hydroxyl groups is 1. The number of carbonyl (C=O) groups is 3. The quantitative estimate of drug-likeness (QED) is 0.372. The molecule has 0 saturated carbocycles. The number of aryl methyl sites for hydroxylation is 1. The average Bonchev–Trinajstić information content (AvgIpc) is 2.41. The first-order valence-corrected chi connectivity index (χ1v) is 6.53. The Hall–Kier alpha value is -2.21. The molecule has 2 rings (SSSR count). The minimum atomic E-state index is -1.30. The van der Waals surface area contributed by atoms with Crippen LogP contribution in [0, 0.1) is 12.8 Å². The molecule has 1 aromatic carbocycles. The van der Waals surface area contributed by atoms with Crippen molar-refractivity contribution < 1.29 is 29.3 Å². The lowest BCUT2D eigenvalue weighted by atomic mass is 9.87. The minimum absolute atomic E-state index is 0.0916. The van der Waals surface area contributed by atoms with Crippen LogP contribution in [0.25, 0.3) is 0 Å². The van der Waals surface area contributed by atoms with E-state index in [4.69, 9.17) is 4.74 Å². The highest BCUT2D eigenvalue weighted by atomic mass is 16.5. The van der Waals surface area contributed by atoms with Crippen LogP contribution in [0.15, 0.2) is 6.07 Å². The summed E-state index contributed by atoms with van der Waals surface area (Å²) in [5.41, 5.74) is 0.899. The third-order valence-corrected chi connectivity index (χ3v) is 3.56. The van der Waals surface area contributed by atoms with Gasteiger partial charge in [0.2, 0.25) is 0 Å². The number of esters is 1. The number of rotatable bonds is 3. The number of aliphatic hydroxyl groups is 1. The molecule has 112 valence electrons. The number of fused-ring (bicyclic) bond motifs is 1. The third-order valence-electron chi connectivity index (χ3n) is 3.56. The van der Waals surface area contributed by atoms with Gasteiger partial charge in [-0.2, -0.15) is 0 Å². The van der Waals surface area contributed by atoms with E-state index in [0.717, 1.165) is 0 Å². The Morgan fingerprint density at radius 3 is 2.57 bits per heavy atom. The summed E-state index contributed by atoms with van der Waals surface area (Å²) in [6.45, 7) is 4.23. The minimum Gasteiger partial charge on any atom is -0.507 e. The summed E-state index contributed by atoms with van der Waals surface area (Å²) in [5.74, 6) is -3.03. The molecule has 0 fully saturated rings. The second-order valence-corrected chi connectivity index (χ2v) is 5.21. The number of ether oxygens (including phenoxy) is 1. The first kappa shape index (κ1) is 15.2. The van der Waals surface area contributed by atoms with Crippen molar-refractivity contribution in [2.75, 3.05) is 0 Å². The standard InChI is InChI=1S/C15H16O6/c1-6-4-9(7(2)16)13(19)10-5-11(12(18)8(3)17)15(20)21-14(6)10/h4,8,11,17,19H,5H2,1-3H3. The number of Topliss-reactive ketones (excluding diaryl/α,β-unsaturated/α-hetero) is 2. The van der Waals surface area contributed by atoms with Crippen LogP contribution in [0.3, 0.4) is 0 Å². The maximum atomic E-state index is 11.9. The number of hydrogen-bond acceptors (Lipinski definition) is 6. The molecule has 2 atom stereocenters. The Morgan fingerprint density at radius 1 is 1.43 bits per heavy atom. The van der Waals surface area contributed by atoms with Crippen molar-refractivity contribution in [1.29, 1.82) is 0 Å². The Kier molecular flexibility index (Phi) is 3.82. The van der Waals surface area contributed by atoms with Gasteiger partial charge in [0.15, 0.2) is 11.6 Å². The van der Waals surface area contributed by atoms with Crippen LogP contribution in [0.5, 0.6) is 11.5 Å². The van der Waals surface area contributed by atoms with E-state index in [9.17, 15) is 24.6 Å². The predicted molar refractivity (Wildman–Crippen MR) is 72.4 cm³/mol. The Morgan fingerprint density at radius 2 is 2.05 bits per heavy atom. The van der Waals surface area contributed by atoms with E-state index in [-0.39, 0.29) is 34.8 Å². The van der Waals surface area contributed by atoms with Gasteiger partial charge in [0.05, 0.1) is 5.56 Å². The zero-order valence-electron chi connectivity index (χ0n) is 12.0. The van der Waals surface area contributed by atoms with Crippen LogP contribution in [0.4, 0.5) is 0 Å². The molecule has 1 aliphatic rings. The molecule has 1 aliphatic heterocycles. The lowest BCUT2D eigenvalue weighted by Gasteiger charge is -2.26. The molecule has 0 aromatic heterocycles. The summed E-state index contributed by atoms with van der Waals surface area (Å²) in [4.78, 5) is 35.2. The fraction of sp³-hybridized carbons (Fsp3) is 0.400. The molecular weight excluding hydrogens is 276 g/mol. The van der Waals surface area contributed by atoms with Crippen LogP contribution in [0.1, 0.15) is 35.3 Å². The fourth-order valence-electron chi connectivity index (χ4n) is 2.43. The molecule has 1 heterocycles. The van der Waals surface area contributed by atoms with E-state index < -0.39 is 23.8 Å². The van der Waals surface area contributed by atoms with E-state index in [2.05, 4.69) is 0 Å². The molecule has 6 nitrogen and oxygen atoms in total. The summed E-state index contributed by atoms with van der Waals surface area (Å²) < 4.78 is 5.12. The largest absolute Gasteiger partial charge is 0.507 e. The summed E-state index contributed by atoms with van der Waals surface area (Å²) in [7, 11) is 0. The Balaban J connectivity index is 2.54. The molecular formula is C15H16O6. The zero-order valence-corrected chi connectivity index (χ0v) is 12.0. The SMILES string of the molecule is CC(=O)c1cc(C)c2c(c1O)CC(C(=O)C(C)O)C(=O)O2. The molecule has 1 aromatic rings. The van der Waals surface area contributed by atoms with Gasteiger partial charge in [0.1, 0.15) is 23.5 Å². The maximum absolute atomic E-state index is 11.9. The molecule has 0 saturated heterocycles. The Bertz CT molecular complexity index is 644. The third kappa shape index (κ3) is 2.54. The van der Waals surface area contributed by atoms with Crippen LogP contribution in [0.2, 0.25) is 0 Å². The highest BCUT2D eigenvalue weighted by molar-refractivity contribution is 6.04. The highest BCUT2D eigenvalue weighted by Gasteiger charge is 2.38. The van der Waals surface area contributed by atoms with Crippen molar-refractivity contribution in [2.24, 2.45) is 5.92 Å². The van der Waals surface area contributed by atoms with Crippen molar-refractivity contribution in [2.45, 2.75) is 33.3 Å². The van der Waals surface area contributed by atoms with E-state index in [1.165, 1.54) is 19.9 Å². The van der Waals surface area contributed by atoms with Gasteiger partial charge in [-0.05, 0) is 32.4 Å². The average molecular weight is 292 g/mol. The van der Waals surface area contributed by atoms with Gasteiger partial charge < -0.3 is 14.9 Å². The fourth-order valence-corrected chi connectivity index (χ4v) is 2.43. The first-order chi connectivity index (χ1) is 9.73. The summed E-state index contributed by atoms with van der Waals surface area (Å²) in [6, 6.07) is 1.45. The summed E-state index contributed by atoms with van der Waals surface area (Å²) in [5, 5.41) is 19.5. The van der Waals surface area contributed by atoms with Crippen LogP contribution in [-0.2, 0) is 16.0 Å². The van der Waals surface area contributed by atoms with E-state index in [1.807, 2.05) is 0 Å². The smallest absolute Gasteiger partial charge is 0.322 e. The molecule has 21 heavy (non-hydrogen) atoms. The normalized spacial score (nSPS) is 18.7. The van der Waals surface area contributed by atoms with Crippen LogP contribution < -0.4 is 4.74 Å². The van der Waals surface area contributed by atoms with Crippen molar-refractivity contribution >= 4 is 17.5 Å². The molecule has 0 spiro atoms. The second-order valence-electron chi connectivity index (χ2n) is 5.21. The van der Waals surface area contributed by atoms with Gasteiger partial charge in [0.25, 0.3) is 0 Å². The summed E-state index contributed by atoms with van der Waals surface area (Å²) in [6.07, 6.45) is -1.39. The van der Waals surface area contributed by atoms with Gasteiger partial charge in [0, 0.05) is 12.0 Å². The molecule has 0 bridgehead atoms. The first-order valence-electron chi connectivity index (χ1n) is 6.53. The molecule has 2 N–H and O–H groups in total. The number of benzene rings is 1. The lowest BCUT2D eigenvalue weighted by molar-refractivity contribution is -0.148. The zero-order chi connectivity index (χ0) is 15.9. The second kappa shape index (κ2) is 5.29. The molecule has 0 radical (unpaired) electrons. The number of phenolic OH excluding ortho intramolecular Hbond substituents is 1. The van der Waals surface area contributed by atoms with Crippen molar-refractivity contribution in [3.05, 3.63) is 22.8 Å². The molecule has 2 unspecified atom stereocenters. The molecule has 0 aliphatic carbocycles. The molecule has 0 amide bonds. The van der Waals surface area contributed by atoms with Crippen LogP contribution in [-0.4, -0.2) is 33.9 Å². The van der Waals surface area contributed by atoms with Gasteiger partial charge in [-0.15, -0.1) is 0 Å². The van der Waals surface area contributed by atoms with E-state index in [0.29, 0.717) is 5.56 Å². The molecule has 6 heteroatoms. The Labute approximate surface area is 121 Å². The van der Waals surface area contributed by atoms with Crippen molar-refractivity contribution in [3.8, 4) is 11.5 Å². The van der Waals surface area contributed by atoms with Gasteiger partial charge in [-0.1, -0.05) is 0 Å². The lowest BCUT2D eigenvalue weighted by Crippen LogP contribution is -2.38. The number of carbonyl (C=O) groups excluding carboxylic acids is 3. The van der Waals surface area contributed by atoms with Crippen LogP contribution >= 0.6 is 0 Å². The van der Waals surface area contributed by atoms with Gasteiger partial charge >= 0.3 is 5.97 Å².